The summed E-state index contributed by atoms with van der Waals surface area (Å²) >= 11 is 0. The van der Waals surface area contributed by atoms with E-state index in [0.29, 0.717) is 5.75 Å². The molecule has 18 heavy (non-hydrogen) atoms. The first-order chi connectivity index (χ1) is 8.63. The van der Waals surface area contributed by atoms with Gasteiger partial charge in [0, 0.05) is 0 Å². The van der Waals surface area contributed by atoms with E-state index in [0.717, 1.165) is 0 Å². The molecule has 1 aliphatic rings. The smallest absolute Gasteiger partial charge is 0.379 e. The Morgan fingerprint density at radius 2 is 1.94 bits per heavy atom. The molecule has 1 saturated heterocycles. The zero-order valence-corrected chi connectivity index (χ0v) is 9.35. The summed E-state index contributed by atoms with van der Waals surface area (Å²) in [5.74, 6) is -1.55. The van der Waals surface area contributed by atoms with Crippen molar-refractivity contribution in [2.45, 2.75) is 18.3 Å². The van der Waals surface area contributed by atoms with Gasteiger partial charge in [-0.15, -0.1) is 0 Å². The highest BCUT2D eigenvalue weighted by Crippen LogP contribution is 2.22. The number of ketones is 1. The highest BCUT2D eigenvalue weighted by atomic mass is 16.6. The lowest BCUT2D eigenvalue weighted by Crippen LogP contribution is -2.42. The van der Waals surface area contributed by atoms with Crippen LogP contribution in [0.2, 0.25) is 0 Å². The summed E-state index contributed by atoms with van der Waals surface area (Å²) in [5.41, 5.74) is 0. The van der Waals surface area contributed by atoms with Crippen molar-refractivity contribution in [1.29, 1.82) is 0 Å². The van der Waals surface area contributed by atoms with E-state index in [9.17, 15) is 14.7 Å². The van der Waals surface area contributed by atoms with Gasteiger partial charge in [0.1, 0.15) is 11.9 Å². The first kappa shape index (κ1) is 12.5. The van der Waals surface area contributed by atoms with Crippen LogP contribution in [0, 0.1) is 0 Å². The second-order valence-electron chi connectivity index (χ2n) is 3.84. The Bertz CT molecular complexity index is 443. The van der Waals surface area contributed by atoms with Gasteiger partial charge in [0.15, 0.2) is 6.10 Å². The van der Waals surface area contributed by atoms with E-state index in [4.69, 9.17) is 9.84 Å². The number of aliphatic hydroxyl groups excluding tert-OH is 2. The maximum Gasteiger partial charge on any atom is 0.379 e. The number of hydrogen-bond acceptors (Lipinski definition) is 6. The molecule has 1 heterocycles. The number of rotatable bonds is 4. The summed E-state index contributed by atoms with van der Waals surface area (Å²) in [6, 6.07) is 8.39. The number of hydrogen-bond donors (Lipinski definition) is 2. The summed E-state index contributed by atoms with van der Waals surface area (Å²) in [4.78, 5) is 22.7. The van der Waals surface area contributed by atoms with Crippen molar-refractivity contribution in [1.82, 2.24) is 0 Å². The molecule has 0 bridgehead atoms. The summed E-state index contributed by atoms with van der Waals surface area (Å²) in [6.07, 6.45) is -3.77. The molecule has 1 aromatic rings. The first-order valence-electron chi connectivity index (χ1n) is 5.39. The van der Waals surface area contributed by atoms with Gasteiger partial charge in [-0.3, -0.25) is 4.79 Å². The molecule has 2 N–H and O–H groups in total. The maximum absolute atomic E-state index is 11.5. The van der Waals surface area contributed by atoms with Crippen molar-refractivity contribution >= 4 is 11.8 Å². The molecule has 1 unspecified atom stereocenters. The number of Topliss-reactive ketones (excluding diaryl/α,β-unsaturated/α-hetero) is 1. The Hall–Kier alpha value is -1.92. The SMILES string of the molecule is O=C1O[C@H]([C@@H](O)CO)C(Oc2ccccc2)C1=O. The van der Waals surface area contributed by atoms with Crippen molar-refractivity contribution in [3.8, 4) is 5.75 Å². The summed E-state index contributed by atoms with van der Waals surface area (Å²) in [7, 11) is 0. The average Bonchev–Trinajstić information content (AvgIpc) is 2.67. The molecular weight excluding hydrogens is 240 g/mol. The Balaban J connectivity index is 2.17. The highest BCUT2D eigenvalue weighted by Gasteiger charge is 2.48. The zero-order chi connectivity index (χ0) is 13.1. The largest absolute Gasteiger partial charge is 0.478 e. The normalized spacial score (nSPS) is 24.8. The molecule has 2 rings (SSSR count). The quantitative estimate of drug-likeness (QED) is 0.542. The molecule has 0 spiro atoms. The van der Waals surface area contributed by atoms with Crippen LogP contribution in [0.3, 0.4) is 0 Å². The van der Waals surface area contributed by atoms with Crippen molar-refractivity contribution < 1.29 is 29.3 Å². The lowest BCUT2D eigenvalue weighted by molar-refractivity contribution is -0.151. The van der Waals surface area contributed by atoms with Gasteiger partial charge in [0.05, 0.1) is 6.61 Å². The van der Waals surface area contributed by atoms with Crippen molar-refractivity contribution in [2.75, 3.05) is 6.61 Å². The van der Waals surface area contributed by atoms with Crippen molar-refractivity contribution in [2.24, 2.45) is 0 Å². The Morgan fingerprint density at radius 3 is 2.56 bits per heavy atom. The van der Waals surface area contributed by atoms with Crippen LogP contribution in [-0.4, -0.2) is 46.9 Å². The topological polar surface area (TPSA) is 93.1 Å². The molecule has 1 aliphatic heterocycles. The number of benzene rings is 1. The predicted molar refractivity (Wildman–Crippen MR) is 58.8 cm³/mol. The van der Waals surface area contributed by atoms with Crippen molar-refractivity contribution in [3.63, 3.8) is 0 Å². The number of carbonyl (C=O) groups excluding carboxylic acids is 2. The van der Waals surface area contributed by atoms with E-state index in [2.05, 4.69) is 4.74 Å². The third-order valence-electron chi connectivity index (χ3n) is 2.57. The maximum atomic E-state index is 11.5. The molecule has 0 radical (unpaired) electrons. The van der Waals surface area contributed by atoms with E-state index in [1.807, 2.05) is 0 Å². The van der Waals surface area contributed by atoms with E-state index in [1.54, 1.807) is 30.3 Å². The molecule has 1 fully saturated rings. The predicted octanol–water partition coefficient (Wildman–Crippen LogP) is -0.718. The second kappa shape index (κ2) is 5.16. The molecule has 0 aromatic heterocycles. The van der Waals surface area contributed by atoms with Crippen LogP contribution < -0.4 is 4.74 Å². The molecule has 6 nitrogen and oxygen atoms in total. The fraction of sp³-hybridized carbons (Fsp3) is 0.333. The fourth-order valence-electron chi connectivity index (χ4n) is 1.66. The molecule has 6 heteroatoms. The molecule has 96 valence electrons. The lowest BCUT2D eigenvalue weighted by Gasteiger charge is -2.20. The van der Waals surface area contributed by atoms with Crippen LogP contribution in [0.4, 0.5) is 0 Å². The van der Waals surface area contributed by atoms with Gasteiger partial charge >= 0.3 is 5.97 Å². The van der Waals surface area contributed by atoms with Crippen LogP contribution >= 0.6 is 0 Å². The minimum absolute atomic E-state index is 0.379. The average molecular weight is 252 g/mol. The molecule has 3 atom stereocenters. The van der Waals surface area contributed by atoms with Gasteiger partial charge < -0.3 is 19.7 Å². The number of para-hydroxylation sites is 1. The number of aliphatic hydroxyl groups is 2. The monoisotopic (exact) mass is 252 g/mol. The van der Waals surface area contributed by atoms with Crippen LogP contribution in [0.1, 0.15) is 0 Å². The Labute approximate surface area is 103 Å². The van der Waals surface area contributed by atoms with Gasteiger partial charge in [-0.1, -0.05) is 18.2 Å². The number of cyclic esters (lactones) is 1. The van der Waals surface area contributed by atoms with Gasteiger partial charge in [-0.25, -0.2) is 4.79 Å². The van der Waals surface area contributed by atoms with Gasteiger partial charge in [0.25, 0.3) is 5.78 Å². The van der Waals surface area contributed by atoms with E-state index >= 15 is 0 Å². The standard InChI is InChI=1S/C12H12O6/c13-6-8(14)10-11(9(15)12(16)18-10)17-7-4-2-1-3-5-7/h1-5,8,10-11,13-14H,6H2/t8-,10+,11?/m0/s1. The third kappa shape index (κ3) is 2.34. The molecular formula is C12H12O6. The number of esters is 1. The second-order valence-corrected chi connectivity index (χ2v) is 3.84. The molecule has 1 aromatic carbocycles. The summed E-state index contributed by atoms with van der Waals surface area (Å²) in [6.45, 7) is -0.625. The number of ether oxygens (including phenoxy) is 2. The first-order valence-corrected chi connectivity index (χ1v) is 5.39. The van der Waals surface area contributed by atoms with Gasteiger partial charge in [-0.2, -0.15) is 0 Å². The van der Waals surface area contributed by atoms with E-state index in [1.165, 1.54) is 0 Å². The minimum atomic E-state index is -1.35. The highest BCUT2D eigenvalue weighted by molar-refractivity contribution is 6.37. The molecule has 0 saturated carbocycles. The van der Waals surface area contributed by atoms with Crippen LogP contribution in [0.5, 0.6) is 5.75 Å². The Morgan fingerprint density at radius 1 is 1.28 bits per heavy atom. The summed E-state index contributed by atoms with van der Waals surface area (Å²) in [5, 5.41) is 18.3. The van der Waals surface area contributed by atoms with Gasteiger partial charge in [-0.05, 0) is 12.1 Å². The third-order valence-corrected chi connectivity index (χ3v) is 2.57. The number of carbonyl (C=O) groups is 2. The van der Waals surface area contributed by atoms with Crippen LogP contribution in [-0.2, 0) is 14.3 Å². The molecule has 0 aliphatic carbocycles. The lowest BCUT2D eigenvalue weighted by atomic mass is 10.1. The van der Waals surface area contributed by atoms with Crippen LogP contribution in [0.15, 0.2) is 30.3 Å². The van der Waals surface area contributed by atoms with E-state index in [-0.39, 0.29) is 0 Å². The minimum Gasteiger partial charge on any atom is -0.478 e. The molecule has 0 amide bonds. The fourth-order valence-corrected chi connectivity index (χ4v) is 1.66. The summed E-state index contributed by atoms with van der Waals surface area (Å²) < 4.78 is 10.0. The van der Waals surface area contributed by atoms with Gasteiger partial charge in [0.2, 0.25) is 6.10 Å². The van der Waals surface area contributed by atoms with Crippen LogP contribution in [0.25, 0.3) is 0 Å². The van der Waals surface area contributed by atoms with Crippen molar-refractivity contribution in [3.05, 3.63) is 30.3 Å². The van der Waals surface area contributed by atoms with E-state index < -0.39 is 36.7 Å². The Kier molecular flexibility index (Phi) is 3.59. The zero-order valence-electron chi connectivity index (χ0n) is 9.35.